The van der Waals surface area contributed by atoms with Crippen LogP contribution in [0.3, 0.4) is 0 Å². The number of hydrogen-bond donors (Lipinski definition) is 0. The van der Waals surface area contributed by atoms with E-state index in [4.69, 9.17) is 4.74 Å². The molecular formula is C30H44O2. The van der Waals surface area contributed by atoms with Crippen molar-refractivity contribution >= 4 is 5.78 Å². The number of benzene rings is 1. The van der Waals surface area contributed by atoms with Crippen LogP contribution in [0.2, 0.25) is 0 Å². The van der Waals surface area contributed by atoms with Crippen LogP contribution in [0.4, 0.5) is 0 Å². The lowest BCUT2D eigenvalue weighted by atomic mass is 9.99. The zero-order chi connectivity index (χ0) is 23.3. The van der Waals surface area contributed by atoms with Crippen molar-refractivity contribution in [2.75, 3.05) is 6.61 Å². The highest BCUT2D eigenvalue weighted by Gasteiger charge is 2.05. The first kappa shape index (κ1) is 27.7. The minimum atomic E-state index is 0.355. The minimum Gasteiger partial charge on any atom is -0.494 e. The molecule has 1 unspecified atom stereocenters. The SMILES string of the molecule is CC/C=C\CC/C=C/C=C\C=C\C(CCC)CCOc1ccc(CCC(=O)CCC)cc1. The Morgan fingerprint density at radius 1 is 0.844 bits per heavy atom. The van der Waals surface area contributed by atoms with Crippen LogP contribution in [-0.4, -0.2) is 12.4 Å². The number of ether oxygens (including phenoxy) is 1. The van der Waals surface area contributed by atoms with Gasteiger partial charge < -0.3 is 4.74 Å². The second-order valence-corrected chi connectivity index (χ2v) is 8.27. The number of carbonyl (C=O) groups is 1. The monoisotopic (exact) mass is 436 g/mol. The third-order valence-corrected chi connectivity index (χ3v) is 5.32. The van der Waals surface area contributed by atoms with Crippen molar-refractivity contribution in [2.24, 2.45) is 5.92 Å². The molecule has 0 aliphatic carbocycles. The lowest BCUT2D eigenvalue weighted by Crippen LogP contribution is -2.05. The van der Waals surface area contributed by atoms with Crippen molar-refractivity contribution in [3.8, 4) is 5.75 Å². The zero-order valence-electron chi connectivity index (χ0n) is 20.6. The molecule has 1 atom stereocenters. The van der Waals surface area contributed by atoms with Crippen molar-refractivity contribution in [1.82, 2.24) is 0 Å². The number of ketones is 1. The molecule has 0 N–H and O–H groups in total. The fraction of sp³-hybridized carbons (Fsp3) is 0.500. The summed E-state index contributed by atoms with van der Waals surface area (Å²) in [6, 6.07) is 8.21. The Morgan fingerprint density at radius 3 is 2.31 bits per heavy atom. The molecule has 1 rings (SSSR count). The maximum Gasteiger partial charge on any atom is 0.133 e. The van der Waals surface area contributed by atoms with Gasteiger partial charge in [0.15, 0.2) is 0 Å². The molecule has 1 aromatic rings. The fourth-order valence-electron chi connectivity index (χ4n) is 3.48. The fourth-order valence-corrected chi connectivity index (χ4v) is 3.48. The summed E-state index contributed by atoms with van der Waals surface area (Å²) in [5.41, 5.74) is 1.20. The van der Waals surface area contributed by atoms with E-state index in [1.54, 1.807) is 0 Å². The average molecular weight is 437 g/mol. The molecule has 0 spiro atoms. The van der Waals surface area contributed by atoms with Gasteiger partial charge in [-0.15, -0.1) is 0 Å². The summed E-state index contributed by atoms with van der Waals surface area (Å²) in [5.74, 6) is 1.80. The predicted octanol–water partition coefficient (Wildman–Crippen LogP) is 8.59. The molecule has 0 bridgehead atoms. The summed E-state index contributed by atoms with van der Waals surface area (Å²) in [4.78, 5) is 11.7. The predicted molar refractivity (Wildman–Crippen MR) is 139 cm³/mol. The van der Waals surface area contributed by atoms with Crippen molar-refractivity contribution in [2.45, 2.75) is 85.0 Å². The molecule has 0 fully saturated rings. The van der Waals surface area contributed by atoms with Gasteiger partial charge in [0.2, 0.25) is 0 Å². The van der Waals surface area contributed by atoms with E-state index in [1.165, 1.54) is 18.4 Å². The number of carbonyl (C=O) groups excluding carboxylic acids is 1. The van der Waals surface area contributed by atoms with Crippen LogP contribution in [0, 0.1) is 5.92 Å². The Hall–Kier alpha value is -2.35. The summed E-state index contributed by atoms with van der Waals surface area (Å²) in [6.07, 6.45) is 27.3. The van der Waals surface area contributed by atoms with Gasteiger partial charge in [-0.1, -0.05) is 87.9 Å². The van der Waals surface area contributed by atoms with Crippen LogP contribution in [-0.2, 0) is 11.2 Å². The summed E-state index contributed by atoms with van der Waals surface area (Å²) >= 11 is 0. The Labute approximate surface area is 197 Å². The summed E-state index contributed by atoms with van der Waals surface area (Å²) in [7, 11) is 0. The van der Waals surface area contributed by atoms with Crippen LogP contribution in [0.15, 0.2) is 72.9 Å². The maximum atomic E-state index is 11.7. The van der Waals surface area contributed by atoms with E-state index in [-0.39, 0.29) is 0 Å². The molecule has 0 aliphatic rings. The van der Waals surface area contributed by atoms with E-state index in [0.717, 1.165) is 50.9 Å². The number of unbranched alkanes of at least 4 members (excludes halogenated alkanes) is 1. The Morgan fingerprint density at radius 2 is 1.59 bits per heavy atom. The van der Waals surface area contributed by atoms with Gasteiger partial charge in [-0.2, -0.15) is 0 Å². The topological polar surface area (TPSA) is 26.3 Å². The second kappa shape index (κ2) is 19.3. The number of Topliss-reactive ketones (excluding diaryl/α,β-unsaturated/α-hetero) is 1. The van der Waals surface area contributed by atoms with E-state index < -0.39 is 0 Å². The molecule has 0 amide bonds. The highest BCUT2D eigenvalue weighted by molar-refractivity contribution is 5.78. The molecule has 0 saturated carbocycles. The molecule has 0 saturated heterocycles. The molecule has 32 heavy (non-hydrogen) atoms. The van der Waals surface area contributed by atoms with Crippen LogP contribution >= 0.6 is 0 Å². The van der Waals surface area contributed by atoms with E-state index in [2.05, 4.69) is 74.6 Å². The lowest BCUT2D eigenvalue weighted by Gasteiger charge is -2.13. The van der Waals surface area contributed by atoms with Crippen LogP contribution in [0.25, 0.3) is 0 Å². The first-order valence-electron chi connectivity index (χ1n) is 12.6. The molecule has 0 heterocycles. The van der Waals surface area contributed by atoms with Crippen molar-refractivity contribution in [3.63, 3.8) is 0 Å². The number of allylic oxidation sites excluding steroid dienone is 8. The van der Waals surface area contributed by atoms with Crippen molar-refractivity contribution in [3.05, 3.63) is 78.4 Å². The highest BCUT2D eigenvalue weighted by atomic mass is 16.5. The van der Waals surface area contributed by atoms with Crippen molar-refractivity contribution < 1.29 is 9.53 Å². The highest BCUT2D eigenvalue weighted by Crippen LogP contribution is 2.17. The van der Waals surface area contributed by atoms with Gasteiger partial charge in [0, 0.05) is 12.8 Å². The lowest BCUT2D eigenvalue weighted by molar-refractivity contribution is -0.119. The number of aryl methyl sites for hydroxylation is 1. The van der Waals surface area contributed by atoms with Gasteiger partial charge in [0.05, 0.1) is 6.61 Å². The van der Waals surface area contributed by atoms with Gasteiger partial charge in [0.25, 0.3) is 0 Å². The molecule has 1 aromatic carbocycles. The summed E-state index contributed by atoms with van der Waals surface area (Å²) in [5, 5.41) is 0. The Balaban J connectivity index is 2.33. The molecule has 2 nitrogen and oxygen atoms in total. The standard InChI is InChI=1S/C30H44O2/c1-4-7-8-9-10-11-12-13-14-15-18-27(16-5-2)25-26-32-30-23-20-28(21-24-30)19-22-29(31)17-6-3/h7-8,11-15,18,20-21,23-24,27H,4-6,9-10,16-17,19,22,25-26H2,1-3H3/b8-7-,12-11+,14-13-,18-15+. The summed E-state index contributed by atoms with van der Waals surface area (Å²) < 4.78 is 5.97. The molecular weight excluding hydrogens is 392 g/mol. The van der Waals surface area contributed by atoms with Gasteiger partial charge in [-0.05, 0) is 68.6 Å². The van der Waals surface area contributed by atoms with E-state index >= 15 is 0 Å². The molecule has 2 heteroatoms. The molecule has 0 radical (unpaired) electrons. The van der Waals surface area contributed by atoms with Crippen molar-refractivity contribution in [1.29, 1.82) is 0 Å². The molecule has 176 valence electrons. The van der Waals surface area contributed by atoms with Crippen LogP contribution in [0.1, 0.15) is 84.1 Å². The first-order valence-corrected chi connectivity index (χ1v) is 12.6. The second-order valence-electron chi connectivity index (χ2n) is 8.27. The van der Waals surface area contributed by atoms with E-state index in [0.29, 0.717) is 24.5 Å². The zero-order valence-corrected chi connectivity index (χ0v) is 20.6. The van der Waals surface area contributed by atoms with Gasteiger partial charge >= 0.3 is 0 Å². The van der Waals surface area contributed by atoms with Gasteiger partial charge in [-0.25, -0.2) is 0 Å². The Kier molecular flexibility index (Phi) is 16.7. The third-order valence-electron chi connectivity index (χ3n) is 5.32. The van der Waals surface area contributed by atoms with Crippen LogP contribution in [0.5, 0.6) is 5.75 Å². The smallest absolute Gasteiger partial charge is 0.133 e. The normalized spacial score (nSPS) is 13.1. The number of hydrogen-bond acceptors (Lipinski definition) is 2. The maximum absolute atomic E-state index is 11.7. The summed E-state index contributed by atoms with van der Waals surface area (Å²) in [6.45, 7) is 7.17. The quantitative estimate of drug-likeness (QED) is 0.131. The minimum absolute atomic E-state index is 0.355. The van der Waals surface area contributed by atoms with Gasteiger partial charge in [-0.3, -0.25) is 4.79 Å². The third kappa shape index (κ3) is 14.6. The Bertz CT molecular complexity index is 707. The van der Waals surface area contributed by atoms with E-state index in [1.807, 2.05) is 19.1 Å². The molecule has 0 aromatic heterocycles. The molecule has 0 aliphatic heterocycles. The largest absolute Gasteiger partial charge is 0.494 e. The van der Waals surface area contributed by atoms with Gasteiger partial charge in [0.1, 0.15) is 11.5 Å². The number of rotatable bonds is 18. The average Bonchev–Trinajstić information content (AvgIpc) is 2.80. The first-order chi connectivity index (χ1) is 15.7. The van der Waals surface area contributed by atoms with E-state index in [9.17, 15) is 4.79 Å². The van der Waals surface area contributed by atoms with Crippen LogP contribution < -0.4 is 4.74 Å².